The molecule has 1 fully saturated rings. The quantitative estimate of drug-likeness (QED) is 0.468. The maximum Gasteiger partial charge on any atom is -0.0414 e. The van der Waals surface area contributed by atoms with Crippen molar-refractivity contribution in [2.24, 2.45) is 17.8 Å². The first kappa shape index (κ1) is 7.11. The van der Waals surface area contributed by atoms with Crippen molar-refractivity contribution in [1.29, 1.82) is 0 Å². The summed E-state index contributed by atoms with van der Waals surface area (Å²) in [7, 11) is 0. The van der Waals surface area contributed by atoms with E-state index in [0.29, 0.717) is 0 Å². The van der Waals surface area contributed by atoms with E-state index in [1.807, 2.05) is 0 Å². The second-order valence-corrected chi connectivity index (χ2v) is 3.87. The molecule has 0 aromatic carbocycles. The third kappa shape index (κ3) is 1.70. The van der Waals surface area contributed by atoms with Crippen molar-refractivity contribution in [3.63, 3.8) is 0 Å². The van der Waals surface area contributed by atoms with Gasteiger partial charge in [-0.25, -0.2) is 0 Å². The molecule has 0 aliphatic heterocycles. The van der Waals surface area contributed by atoms with E-state index in [1.54, 1.807) is 0 Å². The highest BCUT2D eigenvalue weighted by molar-refractivity contribution is 4.72. The molecule has 0 bridgehead atoms. The van der Waals surface area contributed by atoms with Gasteiger partial charge in [0, 0.05) is 0 Å². The summed E-state index contributed by atoms with van der Waals surface area (Å²) < 4.78 is 0. The van der Waals surface area contributed by atoms with Crippen LogP contribution in [-0.4, -0.2) is 0 Å². The molecule has 1 saturated carbocycles. The topological polar surface area (TPSA) is 0 Å². The summed E-state index contributed by atoms with van der Waals surface area (Å²) in [4.78, 5) is 0. The van der Waals surface area contributed by atoms with Crippen LogP contribution in [0.15, 0.2) is 0 Å². The van der Waals surface area contributed by atoms with Crippen LogP contribution >= 0.6 is 0 Å². The van der Waals surface area contributed by atoms with Gasteiger partial charge >= 0.3 is 0 Å². The van der Waals surface area contributed by atoms with Gasteiger partial charge in [0.1, 0.15) is 0 Å². The maximum atomic E-state index is 2.39. The Hall–Kier alpha value is 0. The zero-order valence-corrected chi connectivity index (χ0v) is 6.85. The zero-order chi connectivity index (χ0) is 6.85. The third-order valence-electron chi connectivity index (χ3n) is 2.86. The molecule has 0 spiro atoms. The summed E-state index contributed by atoms with van der Waals surface area (Å²) in [5, 5.41) is 0. The van der Waals surface area contributed by atoms with Crippen molar-refractivity contribution >= 4 is 0 Å². The average Bonchev–Trinajstić information content (AvgIpc) is 1.80. The van der Waals surface area contributed by atoms with E-state index >= 15 is 0 Å². The highest BCUT2D eigenvalue weighted by Gasteiger charge is 2.20. The Bertz CT molecular complexity index is 86.0. The molecular weight excluding hydrogens is 108 g/mol. The van der Waals surface area contributed by atoms with Crippen molar-refractivity contribution < 1.29 is 0 Å². The van der Waals surface area contributed by atoms with Crippen LogP contribution < -0.4 is 0 Å². The number of rotatable bonds is 0. The van der Waals surface area contributed by atoms with E-state index < -0.39 is 0 Å². The van der Waals surface area contributed by atoms with E-state index in [1.165, 1.54) is 19.3 Å². The smallest absolute Gasteiger partial charge is 0.0414 e. The van der Waals surface area contributed by atoms with Gasteiger partial charge in [-0.2, -0.15) is 0 Å². The summed E-state index contributed by atoms with van der Waals surface area (Å²) in [6.07, 6.45) is 4.38. The molecule has 0 N–H and O–H groups in total. The third-order valence-corrected chi connectivity index (χ3v) is 2.86. The molecular formula is C9H18. The van der Waals surface area contributed by atoms with Gasteiger partial charge in [-0.05, 0) is 24.2 Å². The van der Waals surface area contributed by atoms with Crippen LogP contribution in [0.2, 0.25) is 0 Å². The molecule has 0 aromatic rings. The number of hydrogen-bond acceptors (Lipinski definition) is 0. The molecule has 9 heavy (non-hydrogen) atoms. The summed E-state index contributed by atoms with van der Waals surface area (Å²) in [5.41, 5.74) is 0. The molecule has 1 aliphatic carbocycles. The van der Waals surface area contributed by atoms with Gasteiger partial charge in [0.05, 0.1) is 0 Å². The molecule has 0 heteroatoms. The van der Waals surface area contributed by atoms with Crippen molar-refractivity contribution in [1.82, 2.24) is 0 Å². The average molecular weight is 126 g/mol. The van der Waals surface area contributed by atoms with Crippen molar-refractivity contribution in [3.05, 3.63) is 0 Å². The molecule has 54 valence electrons. The summed E-state index contributed by atoms with van der Waals surface area (Å²) in [6, 6.07) is 0. The van der Waals surface area contributed by atoms with Gasteiger partial charge in [-0.15, -0.1) is 0 Å². The fraction of sp³-hybridized carbons (Fsp3) is 1.00. The second-order valence-electron chi connectivity index (χ2n) is 3.87. The lowest BCUT2D eigenvalue weighted by atomic mass is 9.77. The Morgan fingerprint density at radius 1 is 0.889 bits per heavy atom. The molecule has 0 amide bonds. The van der Waals surface area contributed by atoms with Crippen LogP contribution in [-0.2, 0) is 0 Å². The Morgan fingerprint density at radius 2 is 1.56 bits per heavy atom. The molecule has 0 heterocycles. The second kappa shape index (κ2) is 2.72. The highest BCUT2D eigenvalue weighted by atomic mass is 14.3. The Morgan fingerprint density at radius 3 is 2.00 bits per heavy atom. The highest BCUT2D eigenvalue weighted by Crippen LogP contribution is 2.32. The molecule has 1 aliphatic rings. The van der Waals surface area contributed by atoms with Crippen LogP contribution in [0.3, 0.4) is 0 Å². The lowest BCUT2D eigenvalue weighted by Crippen LogP contribution is -2.18. The first-order valence-corrected chi connectivity index (χ1v) is 4.20. The Labute approximate surface area is 58.7 Å². The lowest BCUT2D eigenvalue weighted by Gasteiger charge is -2.29. The van der Waals surface area contributed by atoms with E-state index in [-0.39, 0.29) is 0 Å². The van der Waals surface area contributed by atoms with Gasteiger partial charge in [0.15, 0.2) is 0 Å². The van der Waals surface area contributed by atoms with Crippen LogP contribution in [0.1, 0.15) is 40.0 Å². The van der Waals surface area contributed by atoms with Crippen molar-refractivity contribution in [3.8, 4) is 0 Å². The summed E-state index contributed by atoms with van der Waals surface area (Å²) in [5.74, 6) is 2.96. The first-order valence-electron chi connectivity index (χ1n) is 4.20. The molecule has 1 rings (SSSR count). The standard InChI is InChI=1S/C9H18/c1-7-4-5-8(2)9(3)6-7/h7-9H,4-6H2,1-3H3/t7-,8+,9+/m1/s1. The van der Waals surface area contributed by atoms with Gasteiger partial charge in [0.25, 0.3) is 0 Å². The van der Waals surface area contributed by atoms with Gasteiger partial charge < -0.3 is 0 Å². The fourth-order valence-corrected chi connectivity index (χ4v) is 1.82. The summed E-state index contributed by atoms with van der Waals surface area (Å²) >= 11 is 0. The minimum Gasteiger partial charge on any atom is -0.0625 e. The van der Waals surface area contributed by atoms with E-state index in [4.69, 9.17) is 0 Å². The van der Waals surface area contributed by atoms with Crippen molar-refractivity contribution in [2.45, 2.75) is 40.0 Å². The molecule has 3 atom stereocenters. The van der Waals surface area contributed by atoms with Crippen LogP contribution in [0.4, 0.5) is 0 Å². The predicted octanol–water partition coefficient (Wildman–Crippen LogP) is 3.08. The zero-order valence-electron chi connectivity index (χ0n) is 6.85. The van der Waals surface area contributed by atoms with E-state index in [0.717, 1.165) is 17.8 Å². The monoisotopic (exact) mass is 126 g/mol. The molecule has 0 radical (unpaired) electrons. The normalized spacial score (nSPS) is 45.0. The van der Waals surface area contributed by atoms with Crippen LogP contribution in [0.25, 0.3) is 0 Å². The SMILES string of the molecule is C[C@@H]1CC[C@H](C)[C@@H](C)C1. The Kier molecular flexibility index (Phi) is 2.15. The fourth-order valence-electron chi connectivity index (χ4n) is 1.82. The maximum absolute atomic E-state index is 2.39. The van der Waals surface area contributed by atoms with E-state index in [2.05, 4.69) is 20.8 Å². The Balaban J connectivity index is 2.35. The van der Waals surface area contributed by atoms with Crippen LogP contribution in [0, 0.1) is 17.8 Å². The van der Waals surface area contributed by atoms with Crippen molar-refractivity contribution in [2.75, 3.05) is 0 Å². The van der Waals surface area contributed by atoms with E-state index in [9.17, 15) is 0 Å². The first-order chi connectivity index (χ1) is 4.20. The largest absolute Gasteiger partial charge is 0.0625 e. The molecule has 0 aromatic heterocycles. The summed E-state index contributed by atoms with van der Waals surface area (Å²) in [6.45, 7) is 7.15. The number of hydrogen-bond donors (Lipinski definition) is 0. The predicted molar refractivity (Wildman–Crippen MR) is 41.3 cm³/mol. The minimum atomic E-state index is 0.980. The molecule has 0 saturated heterocycles. The lowest BCUT2D eigenvalue weighted by molar-refractivity contribution is 0.220. The minimum absolute atomic E-state index is 0.980. The van der Waals surface area contributed by atoms with Crippen LogP contribution in [0.5, 0.6) is 0 Å². The molecule has 0 nitrogen and oxygen atoms in total. The van der Waals surface area contributed by atoms with Gasteiger partial charge in [-0.3, -0.25) is 0 Å². The van der Waals surface area contributed by atoms with Gasteiger partial charge in [0.2, 0.25) is 0 Å². The molecule has 0 unspecified atom stereocenters. The van der Waals surface area contributed by atoms with Gasteiger partial charge in [-0.1, -0.05) is 33.6 Å².